The van der Waals surface area contributed by atoms with Crippen molar-refractivity contribution in [3.8, 4) is 11.5 Å². The minimum absolute atomic E-state index is 0.0337. The van der Waals surface area contributed by atoms with E-state index in [1.165, 1.54) is 0 Å². The topological polar surface area (TPSA) is 84.7 Å². The van der Waals surface area contributed by atoms with E-state index in [0.29, 0.717) is 29.2 Å². The summed E-state index contributed by atoms with van der Waals surface area (Å²) in [5.41, 5.74) is 6.29. The van der Waals surface area contributed by atoms with Gasteiger partial charge in [-0.25, -0.2) is 0 Å². The third-order valence-electron chi connectivity index (χ3n) is 4.24. The van der Waals surface area contributed by atoms with E-state index in [9.17, 15) is 9.59 Å². The highest BCUT2D eigenvalue weighted by atomic mass is 16.5. The minimum atomic E-state index is -0.475. The van der Waals surface area contributed by atoms with E-state index in [4.69, 9.17) is 10.5 Å². The van der Waals surface area contributed by atoms with E-state index in [0.717, 1.165) is 13.1 Å². The van der Waals surface area contributed by atoms with Gasteiger partial charge >= 0.3 is 0 Å². The number of carbonyl (C=O) groups is 2. The van der Waals surface area contributed by atoms with Crippen molar-refractivity contribution in [2.45, 2.75) is 13.0 Å². The molecule has 6 nitrogen and oxygen atoms in total. The Balaban J connectivity index is 1.67. The van der Waals surface area contributed by atoms with E-state index < -0.39 is 5.91 Å². The van der Waals surface area contributed by atoms with Gasteiger partial charge in [-0.05, 0) is 55.5 Å². The Bertz CT molecular complexity index is 756. The van der Waals surface area contributed by atoms with Crippen molar-refractivity contribution >= 4 is 11.8 Å². The first-order chi connectivity index (χ1) is 12.0. The molecule has 2 aromatic rings. The van der Waals surface area contributed by atoms with Crippen LogP contribution in [0.3, 0.4) is 0 Å². The predicted molar refractivity (Wildman–Crippen MR) is 94.8 cm³/mol. The third kappa shape index (κ3) is 3.97. The maximum atomic E-state index is 12.6. The fourth-order valence-electron chi connectivity index (χ4n) is 2.80. The van der Waals surface area contributed by atoms with Crippen LogP contribution in [0.25, 0.3) is 0 Å². The first-order valence-electron chi connectivity index (χ1n) is 8.24. The highest BCUT2D eigenvalue weighted by molar-refractivity contribution is 5.94. The molecule has 0 aromatic heterocycles. The molecule has 6 heteroatoms. The quantitative estimate of drug-likeness (QED) is 0.892. The molecule has 0 saturated carbocycles. The number of piperazine rings is 1. The number of nitrogens with two attached hydrogens (primary N) is 1. The van der Waals surface area contributed by atoms with Gasteiger partial charge in [-0.15, -0.1) is 0 Å². The molecule has 0 unspecified atom stereocenters. The zero-order chi connectivity index (χ0) is 17.8. The Hall–Kier alpha value is -2.86. The summed E-state index contributed by atoms with van der Waals surface area (Å²) in [5, 5.41) is 3.28. The summed E-state index contributed by atoms with van der Waals surface area (Å²) < 4.78 is 5.73. The Kier molecular flexibility index (Phi) is 5.00. The zero-order valence-electron chi connectivity index (χ0n) is 14.1. The van der Waals surface area contributed by atoms with E-state index >= 15 is 0 Å². The number of hydrogen-bond donors (Lipinski definition) is 2. The number of amides is 2. The van der Waals surface area contributed by atoms with Crippen molar-refractivity contribution in [2.24, 2.45) is 5.73 Å². The molecule has 1 atom stereocenters. The maximum Gasteiger partial charge on any atom is 0.254 e. The molecule has 3 N–H and O–H groups in total. The van der Waals surface area contributed by atoms with E-state index in [1.54, 1.807) is 48.5 Å². The van der Waals surface area contributed by atoms with E-state index in [2.05, 4.69) is 5.32 Å². The van der Waals surface area contributed by atoms with Crippen LogP contribution in [-0.2, 0) is 0 Å². The first-order valence-corrected chi connectivity index (χ1v) is 8.24. The van der Waals surface area contributed by atoms with E-state index in [1.807, 2.05) is 11.8 Å². The Morgan fingerprint density at radius 2 is 1.60 bits per heavy atom. The molecular formula is C19H21N3O3. The van der Waals surface area contributed by atoms with Crippen molar-refractivity contribution < 1.29 is 14.3 Å². The van der Waals surface area contributed by atoms with Crippen LogP contribution in [0.4, 0.5) is 0 Å². The summed E-state index contributed by atoms with van der Waals surface area (Å²) in [4.78, 5) is 25.5. The highest BCUT2D eigenvalue weighted by Crippen LogP contribution is 2.23. The van der Waals surface area contributed by atoms with Crippen LogP contribution in [0, 0.1) is 0 Å². The number of carbonyl (C=O) groups excluding carboxylic acids is 2. The number of nitrogens with zero attached hydrogens (tertiary/aromatic N) is 1. The minimum Gasteiger partial charge on any atom is -0.457 e. The van der Waals surface area contributed by atoms with Crippen molar-refractivity contribution in [1.82, 2.24) is 10.2 Å². The number of nitrogens with one attached hydrogen (secondary N) is 1. The SMILES string of the molecule is C[C@H]1CNCCN1C(=O)c1ccc(Oc2ccc(C(N)=O)cc2)cc1. The first kappa shape index (κ1) is 17.0. The predicted octanol–water partition coefficient (Wildman–Crippen LogP) is 2.01. The second-order valence-electron chi connectivity index (χ2n) is 6.07. The van der Waals surface area contributed by atoms with Gasteiger partial charge in [0.05, 0.1) is 0 Å². The molecule has 1 aliphatic rings. The lowest BCUT2D eigenvalue weighted by molar-refractivity contribution is 0.0655. The molecule has 25 heavy (non-hydrogen) atoms. The van der Waals surface area contributed by atoms with Crippen LogP contribution in [0.5, 0.6) is 11.5 Å². The van der Waals surface area contributed by atoms with Gasteiger partial charge in [-0.2, -0.15) is 0 Å². The maximum absolute atomic E-state index is 12.6. The standard InChI is InChI=1S/C19H21N3O3/c1-13-12-21-10-11-22(13)19(24)15-4-8-17(9-5-15)25-16-6-2-14(3-7-16)18(20)23/h2-9,13,21H,10-12H2,1H3,(H2,20,23)/t13-/m0/s1. The molecular weight excluding hydrogens is 318 g/mol. The van der Waals surface area contributed by atoms with Gasteiger partial charge in [-0.1, -0.05) is 0 Å². The summed E-state index contributed by atoms with van der Waals surface area (Å²) in [6.07, 6.45) is 0. The van der Waals surface area contributed by atoms with Crippen molar-refractivity contribution in [3.63, 3.8) is 0 Å². The second kappa shape index (κ2) is 7.36. The van der Waals surface area contributed by atoms with Gasteiger partial charge in [0.25, 0.3) is 5.91 Å². The van der Waals surface area contributed by atoms with Gasteiger partial charge in [-0.3, -0.25) is 9.59 Å². The van der Waals surface area contributed by atoms with E-state index in [-0.39, 0.29) is 11.9 Å². The van der Waals surface area contributed by atoms with Gasteiger partial charge in [0, 0.05) is 36.8 Å². The van der Waals surface area contributed by atoms with Gasteiger partial charge < -0.3 is 20.7 Å². The molecule has 0 bridgehead atoms. The monoisotopic (exact) mass is 339 g/mol. The Morgan fingerprint density at radius 1 is 1.04 bits per heavy atom. The van der Waals surface area contributed by atoms with Gasteiger partial charge in [0.15, 0.2) is 0 Å². The second-order valence-corrected chi connectivity index (χ2v) is 6.07. The number of benzene rings is 2. The summed E-state index contributed by atoms with van der Waals surface area (Å²) in [5.74, 6) is 0.777. The summed E-state index contributed by atoms with van der Waals surface area (Å²) in [6, 6.07) is 13.8. The lowest BCUT2D eigenvalue weighted by Gasteiger charge is -2.34. The normalized spacial score (nSPS) is 17.2. The molecule has 2 amide bonds. The lowest BCUT2D eigenvalue weighted by Crippen LogP contribution is -2.52. The molecule has 130 valence electrons. The fourth-order valence-corrected chi connectivity index (χ4v) is 2.80. The Labute approximate surface area is 146 Å². The molecule has 0 radical (unpaired) electrons. The molecule has 0 spiro atoms. The fraction of sp³-hybridized carbons (Fsp3) is 0.263. The van der Waals surface area contributed by atoms with Crippen LogP contribution in [-0.4, -0.2) is 42.4 Å². The summed E-state index contributed by atoms with van der Waals surface area (Å²) in [6.45, 7) is 4.38. The largest absolute Gasteiger partial charge is 0.457 e. The Morgan fingerprint density at radius 3 is 2.12 bits per heavy atom. The number of ether oxygens (including phenoxy) is 1. The average molecular weight is 339 g/mol. The average Bonchev–Trinajstić information content (AvgIpc) is 2.63. The molecule has 1 aliphatic heterocycles. The molecule has 0 aliphatic carbocycles. The highest BCUT2D eigenvalue weighted by Gasteiger charge is 2.23. The summed E-state index contributed by atoms with van der Waals surface area (Å²) >= 11 is 0. The molecule has 1 heterocycles. The number of primary amides is 1. The number of rotatable bonds is 4. The van der Waals surface area contributed by atoms with Gasteiger partial charge in [0.1, 0.15) is 11.5 Å². The third-order valence-corrected chi connectivity index (χ3v) is 4.24. The molecule has 1 fully saturated rings. The lowest BCUT2D eigenvalue weighted by atomic mass is 10.1. The van der Waals surface area contributed by atoms with Crippen LogP contribution in [0.15, 0.2) is 48.5 Å². The van der Waals surface area contributed by atoms with Crippen LogP contribution < -0.4 is 15.8 Å². The molecule has 3 rings (SSSR count). The molecule has 1 saturated heterocycles. The molecule has 2 aromatic carbocycles. The van der Waals surface area contributed by atoms with Crippen LogP contribution >= 0.6 is 0 Å². The van der Waals surface area contributed by atoms with Crippen molar-refractivity contribution in [1.29, 1.82) is 0 Å². The van der Waals surface area contributed by atoms with Crippen LogP contribution in [0.1, 0.15) is 27.6 Å². The smallest absolute Gasteiger partial charge is 0.254 e. The van der Waals surface area contributed by atoms with Gasteiger partial charge in [0.2, 0.25) is 5.91 Å². The van der Waals surface area contributed by atoms with Crippen LogP contribution in [0.2, 0.25) is 0 Å². The van der Waals surface area contributed by atoms with Crippen molar-refractivity contribution in [3.05, 3.63) is 59.7 Å². The number of hydrogen-bond acceptors (Lipinski definition) is 4. The van der Waals surface area contributed by atoms with Crippen molar-refractivity contribution in [2.75, 3.05) is 19.6 Å². The summed E-state index contributed by atoms with van der Waals surface area (Å²) in [7, 11) is 0. The zero-order valence-corrected chi connectivity index (χ0v) is 14.1.